The van der Waals surface area contributed by atoms with Crippen molar-refractivity contribution in [2.24, 2.45) is 0 Å². The Morgan fingerprint density at radius 3 is 2.00 bits per heavy atom. The summed E-state index contributed by atoms with van der Waals surface area (Å²) in [4.78, 5) is 25.1. The van der Waals surface area contributed by atoms with Gasteiger partial charge in [0.05, 0.1) is 40.1 Å². The Morgan fingerprint density at radius 1 is 0.938 bits per heavy atom. The molecule has 0 aliphatic rings. The van der Waals surface area contributed by atoms with Gasteiger partial charge in [-0.2, -0.15) is 0 Å². The molecule has 174 valence electrons. The molecule has 0 fully saturated rings. The Kier molecular flexibility index (Phi) is 9.09. The average molecular weight is 483 g/mol. The summed E-state index contributed by atoms with van der Waals surface area (Å²) < 4.78 is 26.3. The number of carbonyl (C=O) groups excluding carboxylic acids is 2. The van der Waals surface area contributed by atoms with E-state index in [1.54, 1.807) is 32.9 Å². The minimum Gasteiger partial charge on any atom is -0.493 e. The fourth-order valence-electron chi connectivity index (χ4n) is 2.86. The van der Waals surface area contributed by atoms with Gasteiger partial charge in [-0.3, -0.25) is 0 Å². The number of thiocarbonyl (C=S) groups is 1. The van der Waals surface area contributed by atoms with Gasteiger partial charge in [-0.15, -0.1) is 11.3 Å². The summed E-state index contributed by atoms with van der Waals surface area (Å²) >= 11 is 6.49. The Hall–Kier alpha value is -3.05. The van der Waals surface area contributed by atoms with E-state index in [-0.39, 0.29) is 23.9 Å². The third-order valence-corrected chi connectivity index (χ3v) is 5.63. The number of hydrogen-bond donors (Lipinski definition) is 2. The van der Waals surface area contributed by atoms with Crippen LogP contribution in [0.15, 0.2) is 12.1 Å². The number of ether oxygens (including phenoxy) is 5. The molecule has 0 spiro atoms. The molecule has 0 aliphatic carbocycles. The van der Waals surface area contributed by atoms with Crippen molar-refractivity contribution in [2.75, 3.05) is 45.2 Å². The maximum Gasteiger partial charge on any atom is 0.348 e. The van der Waals surface area contributed by atoms with Crippen molar-refractivity contribution in [3.05, 3.63) is 28.1 Å². The fourth-order valence-corrected chi connectivity index (χ4v) is 4.24. The van der Waals surface area contributed by atoms with Crippen molar-refractivity contribution < 1.29 is 33.3 Å². The molecule has 0 atom stereocenters. The van der Waals surface area contributed by atoms with E-state index in [0.717, 1.165) is 11.3 Å². The van der Waals surface area contributed by atoms with Crippen molar-refractivity contribution >= 4 is 51.3 Å². The third kappa shape index (κ3) is 5.60. The van der Waals surface area contributed by atoms with Gasteiger partial charge in [0, 0.05) is 17.8 Å². The predicted octanol–water partition coefficient (Wildman–Crippen LogP) is 4.24. The van der Waals surface area contributed by atoms with E-state index in [4.69, 9.17) is 35.9 Å². The van der Waals surface area contributed by atoms with Crippen LogP contribution in [-0.2, 0) is 9.47 Å². The molecule has 0 unspecified atom stereocenters. The first-order valence-corrected chi connectivity index (χ1v) is 10.9. The first-order valence-electron chi connectivity index (χ1n) is 9.66. The topological polar surface area (TPSA) is 104 Å². The highest BCUT2D eigenvalue weighted by molar-refractivity contribution is 7.80. The van der Waals surface area contributed by atoms with Crippen LogP contribution < -0.4 is 24.8 Å². The van der Waals surface area contributed by atoms with E-state index in [9.17, 15) is 9.59 Å². The minimum absolute atomic E-state index is 0.182. The molecule has 9 nitrogen and oxygen atoms in total. The summed E-state index contributed by atoms with van der Waals surface area (Å²) in [6, 6.07) is 3.37. The van der Waals surface area contributed by atoms with Gasteiger partial charge in [-0.1, -0.05) is 0 Å². The third-order valence-electron chi connectivity index (χ3n) is 4.24. The molecule has 1 heterocycles. The van der Waals surface area contributed by atoms with Gasteiger partial charge in [0.2, 0.25) is 5.75 Å². The summed E-state index contributed by atoms with van der Waals surface area (Å²) in [5.41, 5.74) is 1.26. The number of anilines is 2. The van der Waals surface area contributed by atoms with Crippen LogP contribution in [0.3, 0.4) is 0 Å². The van der Waals surface area contributed by atoms with Gasteiger partial charge in [-0.25, -0.2) is 9.59 Å². The van der Waals surface area contributed by atoms with Crippen molar-refractivity contribution in [2.45, 2.75) is 20.8 Å². The van der Waals surface area contributed by atoms with Gasteiger partial charge in [0.25, 0.3) is 0 Å². The molecule has 0 radical (unpaired) electrons. The number of benzene rings is 1. The van der Waals surface area contributed by atoms with E-state index in [1.807, 2.05) is 0 Å². The number of hydrogen-bond acceptors (Lipinski definition) is 9. The van der Waals surface area contributed by atoms with E-state index in [0.29, 0.717) is 38.4 Å². The smallest absolute Gasteiger partial charge is 0.348 e. The first kappa shape index (κ1) is 25.2. The zero-order chi connectivity index (χ0) is 23.8. The summed E-state index contributed by atoms with van der Waals surface area (Å²) in [6.07, 6.45) is 0. The van der Waals surface area contributed by atoms with Crippen molar-refractivity contribution in [3.63, 3.8) is 0 Å². The molecule has 32 heavy (non-hydrogen) atoms. The molecule has 0 amide bonds. The lowest BCUT2D eigenvalue weighted by atomic mass is 10.1. The molecule has 0 saturated carbocycles. The fraction of sp³-hybridized carbons (Fsp3) is 0.381. The van der Waals surface area contributed by atoms with Crippen LogP contribution in [0, 0.1) is 6.92 Å². The van der Waals surface area contributed by atoms with E-state index in [1.165, 1.54) is 21.3 Å². The Labute approximate surface area is 195 Å². The number of esters is 2. The highest BCUT2D eigenvalue weighted by Gasteiger charge is 2.27. The average Bonchev–Trinajstić information content (AvgIpc) is 3.08. The quantitative estimate of drug-likeness (QED) is 0.398. The molecule has 0 aliphatic heterocycles. The van der Waals surface area contributed by atoms with Crippen molar-refractivity contribution in [3.8, 4) is 17.2 Å². The Morgan fingerprint density at radius 2 is 1.50 bits per heavy atom. The lowest BCUT2D eigenvalue weighted by molar-refractivity contribution is 0.0527. The standard InChI is InChI=1S/C21H26N2O7S2/c1-7-29-19(24)15-11(3)17(20(25)30-8-2)32-18(15)23-21(31)22-12-9-13(26-4)16(28-6)14(10-12)27-5/h9-10H,7-8H2,1-6H3,(H2,22,23,31). The highest BCUT2D eigenvalue weighted by atomic mass is 32.1. The van der Waals surface area contributed by atoms with E-state index >= 15 is 0 Å². The number of thiophene rings is 1. The second-order valence-electron chi connectivity index (χ2n) is 6.19. The summed E-state index contributed by atoms with van der Waals surface area (Å²) in [5, 5.41) is 6.54. The van der Waals surface area contributed by atoms with Crippen molar-refractivity contribution in [1.29, 1.82) is 0 Å². The van der Waals surface area contributed by atoms with Crippen LogP contribution in [0.5, 0.6) is 17.2 Å². The number of rotatable bonds is 9. The van der Waals surface area contributed by atoms with Crippen LogP contribution in [0.1, 0.15) is 39.4 Å². The molecule has 2 aromatic rings. The van der Waals surface area contributed by atoms with Gasteiger partial charge >= 0.3 is 11.9 Å². The Bertz CT molecular complexity index is 979. The lowest BCUT2D eigenvalue weighted by Crippen LogP contribution is -2.20. The first-order chi connectivity index (χ1) is 15.3. The van der Waals surface area contributed by atoms with Crippen molar-refractivity contribution in [1.82, 2.24) is 0 Å². The van der Waals surface area contributed by atoms with Crippen LogP contribution in [0.25, 0.3) is 0 Å². The second-order valence-corrected chi connectivity index (χ2v) is 7.62. The summed E-state index contributed by atoms with van der Waals surface area (Å²) in [6.45, 7) is 5.49. The number of carbonyl (C=O) groups is 2. The molecule has 2 N–H and O–H groups in total. The van der Waals surface area contributed by atoms with Gasteiger partial charge in [-0.05, 0) is 38.6 Å². The second kappa shape index (κ2) is 11.5. The predicted molar refractivity (Wildman–Crippen MR) is 127 cm³/mol. The summed E-state index contributed by atoms with van der Waals surface area (Å²) in [5.74, 6) is 0.255. The molecule has 0 bridgehead atoms. The van der Waals surface area contributed by atoms with Crippen LogP contribution in [-0.4, -0.2) is 51.6 Å². The maximum atomic E-state index is 12.5. The monoisotopic (exact) mass is 482 g/mol. The maximum absolute atomic E-state index is 12.5. The summed E-state index contributed by atoms with van der Waals surface area (Å²) in [7, 11) is 4.53. The van der Waals surface area contributed by atoms with Crippen LogP contribution in [0.4, 0.5) is 10.7 Å². The Balaban J connectivity index is 2.35. The normalized spacial score (nSPS) is 10.2. The molecule has 0 saturated heterocycles. The lowest BCUT2D eigenvalue weighted by Gasteiger charge is -2.16. The SMILES string of the molecule is CCOC(=O)c1sc(NC(=S)Nc2cc(OC)c(OC)c(OC)c2)c(C(=O)OCC)c1C. The number of methoxy groups -OCH3 is 3. The van der Waals surface area contributed by atoms with Gasteiger partial charge < -0.3 is 34.3 Å². The molecule has 11 heteroatoms. The van der Waals surface area contributed by atoms with E-state index < -0.39 is 11.9 Å². The molecule has 1 aromatic heterocycles. The van der Waals surface area contributed by atoms with Gasteiger partial charge in [0.1, 0.15) is 9.88 Å². The zero-order valence-electron chi connectivity index (χ0n) is 18.7. The molecule has 1 aromatic carbocycles. The van der Waals surface area contributed by atoms with E-state index in [2.05, 4.69) is 10.6 Å². The largest absolute Gasteiger partial charge is 0.493 e. The number of nitrogens with one attached hydrogen (secondary N) is 2. The molecule has 2 rings (SSSR count). The minimum atomic E-state index is -0.560. The molecular weight excluding hydrogens is 456 g/mol. The highest BCUT2D eigenvalue weighted by Crippen LogP contribution is 2.40. The zero-order valence-corrected chi connectivity index (χ0v) is 20.4. The molecular formula is C21H26N2O7S2. The van der Waals surface area contributed by atoms with Crippen LogP contribution in [0.2, 0.25) is 0 Å². The van der Waals surface area contributed by atoms with Gasteiger partial charge in [0.15, 0.2) is 16.6 Å². The van der Waals surface area contributed by atoms with Crippen LogP contribution >= 0.6 is 23.6 Å².